The van der Waals surface area contributed by atoms with Crippen LogP contribution in [0.15, 0.2) is 24.4 Å². The zero-order chi connectivity index (χ0) is 12.0. The van der Waals surface area contributed by atoms with Crippen LogP contribution in [0.1, 0.15) is 39.3 Å². The molecule has 0 aromatic carbocycles. The van der Waals surface area contributed by atoms with Gasteiger partial charge >= 0.3 is 0 Å². The largest absolute Gasteiger partial charge is 0.350 e. The first-order valence-electron chi connectivity index (χ1n) is 5.64. The number of hydrogen-bond acceptors (Lipinski definition) is 2. The van der Waals surface area contributed by atoms with Crippen molar-refractivity contribution in [3.8, 4) is 0 Å². The monoisotopic (exact) mass is 220 g/mol. The highest BCUT2D eigenvalue weighted by atomic mass is 16.1. The molecule has 0 saturated carbocycles. The van der Waals surface area contributed by atoms with Crippen molar-refractivity contribution in [2.24, 2.45) is 5.41 Å². The summed E-state index contributed by atoms with van der Waals surface area (Å²) in [5.74, 6) is 0.0978. The number of amides is 1. The number of carbonyl (C=O) groups is 1. The van der Waals surface area contributed by atoms with E-state index < -0.39 is 0 Å². The maximum atomic E-state index is 11.5. The Hall–Kier alpha value is -1.38. The Kier molecular flexibility index (Phi) is 4.47. The summed E-state index contributed by atoms with van der Waals surface area (Å²) in [7, 11) is 0. The van der Waals surface area contributed by atoms with Crippen LogP contribution in [0.25, 0.3) is 0 Å². The van der Waals surface area contributed by atoms with Gasteiger partial charge in [-0.05, 0) is 24.0 Å². The van der Waals surface area contributed by atoms with Gasteiger partial charge in [0, 0.05) is 12.6 Å². The van der Waals surface area contributed by atoms with E-state index in [1.807, 2.05) is 18.2 Å². The summed E-state index contributed by atoms with van der Waals surface area (Å²) >= 11 is 0. The van der Waals surface area contributed by atoms with Gasteiger partial charge in [0.25, 0.3) is 0 Å². The van der Waals surface area contributed by atoms with Crippen LogP contribution in [-0.2, 0) is 11.3 Å². The van der Waals surface area contributed by atoms with Crippen LogP contribution in [0.3, 0.4) is 0 Å². The van der Waals surface area contributed by atoms with Crippen LogP contribution in [0, 0.1) is 5.41 Å². The molecule has 0 saturated heterocycles. The number of nitrogens with one attached hydrogen (secondary N) is 1. The highest BCUT2D eigenvalue weighted by molar-refractivity contribution is 5.75. The smallest absolute Gasteiger partial charge is 0.220 e. The highest BCUT2D eigenvalue weighted by Crippen LogP contribution is 2.20. The molecule has 0 radical (unpaired) electrons. The lowest BCUT2D eigenvalue weighted by Gasteiger charge is -2.17. The average Bonchev–Trinajstić information content (AvgIpc) is 2.24. The van der Waals surface area contributed by atoms with Gasteiger partial charge < -0.3 is 5.32 Å². The maximum Gasteiger partial charge on any atom is 0.220 e. The predicted molar refractivity (Wildman–Crippen MR) is 64.8 cm³/mol. The zero-order valence-electron chi connectivity index (χ0n) is 10.3. The van der Waals surface area contributed by atoms with E-state index in [1.165, 1.54) is 0 Å². The minimum absolute atomic E-state index is 0.0978. The molecule has 0 aliphatic rings. The van der Waals surface area contributed by atoms with Gasteiger partial charge in [-0.1, -0.05) is 26.8 Å². The summed E-state index contributed by atoms with van der Waals surface area (Å²) in [4.78, 5) is 15.7. The molecule has 0 aliphatic carbocycles. The number of nitrogens with zero attached hydrogens (tertiary/aromatic N) is 1. The third-order valence-corrected chi connectivity index (χ3v) is 2.29. The SMILES string of the molecule is CC(C)(C)CCC(=O)NCc1ccccn1. The van der Waals surface area contributed by atoms with Crippen molar-refractivity contribution < 1.29 is 4.79 Å². The van der Waals surface area contributed by atoms with Crippen molar-refractivity contribution >= 4 is 5.91 Å². The number of aromatic nitrogens is 1. The summed E-state index contributed by atoms with van der Waals surface area (Å²) in [5, 5.41) is 2.87. The topological polar surface area (TPSA) is 42.0 Å². The Bertz CT molecular complexity index is 328. The van der Waals surface area contributed by atoms with Crippen LogP contribution in [0.4, 0.5) is 0 Å². The van der Waals surface area contributed by atoms with Gasteiger partial charge in [-0.25, -0.2) is 0 Å². The normalized spacial score (nSPS) is 11.2. The number of pyridine rings is 1. The third kappa shape index (κ3) is 5.49. The zero-order valence-corrected chi connectivity index (χ0v) is 10.3. The van der Waals surface area contributed by atoms with Crippen molar-refractivity contribution in [3.05, 3.63) is 30.1 Å². The standard InChI is InChI=1S/C13H20N2O/c1-13(2,3)8-7-12(16)15-10-11-6-4-5-9-14-11/h4-6,9H,7-8,10H2,1-3H3,(H,15,16). The molecule has 16 heavy (non-hydrogen) atoms. The van der Waals surface area contributed by atoms with Gasteiger partial charge in [-0.3, -0.25) is 9.78 Å². The molecule has 1 rings (SSSR count). The fraction of sp³-hybridized carbons (Fsp3) is 0.538. The second-order valence-corrected chi connectivity index (χ2v) is 5.16. The molecular weight excluding hydrogens is 200 g/mol. The predicted octanol–water partition coefficient (Wildman–Crippen LogP) is 2.52. The first kappa shape index (κ1) is 12.7. The molecule has 1 heterocycles. The molecule has 3 heteroatoms. The Morgan fingerprint density at radius 3 is 2.69 bits per heavy atom. The molecule has 3 nitrogen and oxygen atoms in total. The molecule has 0 bridgehead atoms. The van der Waals surface area contributed by atoms with E-state index in [9.17, 15) is 4.79 Å². The molecule has 1 N–H and O–H groups in total. The fourth-order valence-corrected chi connectivity index (χ4v) is 1.27. The van der Waals surface area contributed by atoms with Crippen molar-refractivity contribution in [1.82, 2.24) is 10.3 Å². The van der Waals surface area contributed by atoms with Crippen LogP contribution in [0.5, 0.6) is 0 Å². The first-order chi connectivity index (χ1) is 7.47. The molecule has 0 spiro atoms. The maximum absolute atomic E-state index is 11.5. The van der Waals surface area contributed by atoms with Crippen LogP contribution in [-0.4, -0.2) is 10.9 Å². The third-order valence-electron chi connectivity index (χ3n) is 2.29. The van der Waals surface area contributed by atoms with Gasteiger partial charge in [0.15, 0.2) is 0 Å². The number of hydrogen-bond donors (Lipinski definition) is 1. The molecule has 0 fully saturated rings. The number of carbonyl (C=O) groups excluding carboxylic acids is 1. The van der Waals surface area contributed by atoms with Crippen LogP contribution >= 0.6 is 0 Å². The van der Waals surface area contributed by atoms with Crippen molar-refractivity contribution in [1.29, 1.82) is 0 Å². The minimum Gasteiger partial charge on any atom is -0.350 e. The minimum atomic E-state index is 0.0978. The van der Waals surface area contributed by atoms with Crippen molar-refractivity contribution in [3.63, 3.8) is 0 Å². The number of rotatable bonds is 4. The Morgan fingerprint density at radius 2 is 2.12 bits per heavy atom. The summed E-state index contributed by atoms with van der Waals surface area (Å²) in [6.45, 7) is 6.93. The molecule has 88 valence electrons. The summed E-state index contributed by atoms with van der Waals surface area (Å²) in [6, 6.07) is 5.69. The van der Waals surface area contributed by atoms with E-state index in [0.717, 1.165) is 12.1 Å². The van der Waals surface area contributed by atoms with Crippen LogP contribution < -0.4 is 5.32 Å². The summed E-state index contributed by atoms with van der Waals surface area (Å²) in [6.07, 6.45) is 3.22. The van der Waals surface area contributed by atoms with E-state index >= 15 is 0 Å². The van der Waals surface area contributed by atoms with E-state index in [1.54, 1.807) is 6.20 Å². The molecule has 0 aliphatic heterocycles. The van der Waals surface area contributed by atoms with Crippen molar-refractivity contribution in [2.45, 2.75) is 40.2 Å². The Balaban J connectivity index is 2.26. The molecule has 1 amide bonds. The van der Waals surface area contributed by atoms with Crippen molar-refractivity contribution in [2.75, 3.05) is 0 Å². The molecule has 1 aromatic rings. The summed E-state index contributed by atoms with van der Waals surface area (Å²) in [5.41, 5.74) is 1.11. The second kappa shape index (κ2) is 5.64. The van der Waals surface area contributed by atoms with E-state index in [4.69, 9.17) is 0 Å². The lowest BCUT2D eigenvalue weighted by atomic mass is 9.90. The highest BCUT2D eigenvalue weighted by Gasteiger charge is 2.12. The molecule has 1 aromatic heterocycles. The molecular formula is C13H20N2O. The fourth-order valence-electron chi connectivity index (χ4n) is 1.27. The molecule has 0 unspecified atom stereocenters. The van der Waals surface area contributed by atoms with Gasteiger partial charge in [-0.2, -0.15) is 0 Å². The average molecular weight is 220 g/mol. The van der Waals surface area contributed by atoms with E-state index in [-0.39, 0.29) is 11.3 Å². The molecule has 0 atom stereocenters. The van der Waals surface area contributed by atoms with Gasteiger partial charge in [0.05, 0.1) is 12.2 Å². The van der Waals surface area contributed by atoms with Gasteiger partial charge in [0.2, 0.25) is 5.91 Å². The first-order valence-corrected chi connectivity index (χ1v) is 5.64. The van der Waals surface area contributed by atoms with E-state index in [0.29, 0.717) is 13.0 Å². The summed E-state index contributed by atoms with van der Waals surface area (Å²) < 4.78 is 0. The van der Waals surface area contributed by atoms with Crippen LogP contribution in [0.2, 0.25) is 0 Å². The van der Waals surface area contributed by atoms with Gasteiger partial charge in [-0.15, -0.1) is 0 Å². The quantitative estimate of drug-likeness (QED) is 0.847. The van der Waals surface area contributed by atoms with Gasteiger partial charge in [0.1, 0.15) is 0 Å². The van der Waals surface area contributed by atoms with E-state index in [2.05, 4.69) is 31.1 Å². The lowest BCUT2D eigenvalue weighted by molar-refractivity contribution is -0.121. The Morgan fingerprint density at radius 1 is 1.38 bits per heavy atom. The Labute approximate surface area is 97.3 Å². The lowest BCUT2D eigenvalue weighted by Crippen LogP contribution is -2.24. The second-order valence-electron chi connectivity index (χ2n) is 5.16.